The predicted octanol–water partition coefficient (Wildman–Crippen LogP) is 4.32. The molecule has 0 saturated carbocycles. The molecule has 1 unspecified atom stereocenters. The van der Waals surface area contributed by atoms with Crippen molar-refractivity contribution < 1.29 is 4.79 Å². The van der Waals surface area contributed by atoms with Crippen molar-refractivity contribution in [3.63, 3.8) is 0 Å². The van der Waals surface area contributed by atoms with Crippen LogP contribution in [0, 0.1) is 3.57 Å². The van der Waals surface area contributed by atoms with Crippen LogP contribution in [0.2, 0.25) is 0 Å². The minimum absolute atomic E-state index is 0.190. The van der Waals surface area contributed by atoms with E-state index < -0.39 is 0 Å². The van der Waals surface area contributed by atoms with Crippen LogP contribution in [0.15, 0.2) is 48.5 Å². The van der Waals surface area contributed by atoms with Crippen LogP contribution in [0.4, 0.5) is 5.69 Å². The van der Waals surface area contributed by atoms with Gasteiger partial charge in [-0.05, 0) is 66.1 Å². The fraction of sp³-hybridized carbons (Fsp3) is 0.278. The number of rotatable bonds is 3. The molecule has 1 atom stereocenters. The van der Waals surface area contributed by atoms with Crippen LogP contribution in [0.25, 0.3) is 0 Å². The Morgan fingerprint density at radius 1 is 1.19 bits per heavy atom. The third kappa shape index (κ3) is 3.12. The monoisotopic (exact) mass is 391 g/mol. The molecule has 2 aromatic rings. The summed E-state index contributed by atoms with van der Waals surface area (Å²) in [6.07, 6.45) is 2.21. The third-order valence-electron chi connectivity index (χ3n) is 4.14. The lowest BCUT2D eigenvalue weighted by Gasteiger charge is -2.36. The summed E-state index contributed by atoms with van der Waals surface area (Å²) in [5, 5.41) is 0. The fourth-order valence-electron chi connectivity index (χ4n) is 2.88. The lowest BCUT2D eigenvalue weighted by atomic mass is 9.96. The van der Waals surface area contributed by atoms with E-state index in [2.05, 4.69) is 58.7 Å². The number of anilines is 1. The van der Waals surface area contributed by atoms with Crippen molar-refractivity contribution in [3.8, 4) is 0 Å². The lowest BCUT2D eigenvalue weighted by molar-refractivity contribution is 0.0996. The summed E-state index contributed by atoms with van der Waals surface area (Å²) in [5.41, 5.74) is 3.37. The molecular weight excluding hydrogens is 373 g/mol. The SMILES string of the molecule is CC1CCc2ccccc2N1CC(=O)c1ccc(I)cc1. The number of carbonyl (C=O) groups is 1. The molecule has 0 saturated heterocycles. The molecule has 2 nitrogen and oxygen atoms in total. The van der Waals surface area contributed by atoms with E-state index >= 15 is 0 Å². The number of hydrogen-bond donors (Lipinski definition) is 0. The van der Waals surface area contributed by atoms with Crippen LogP contribution in [-0.4, -0.2) is 18.4 Å². The zero-order valence-corrected chi connectivity index (χ0v) is 14.2. The normalized spacial score (nSPS) is 17.4. The van der Waals surface area contributed by atoms with Crippen LogP contribution < -0.4 is 4.90 Å². The molecule has 0 spiro atoms. The average molecular weight is 391 g/mol. The van der Waals surface area contributed by atoms with Gasteiger partial charge in [-0.2, -0.15) is 0 Å². The Labute approximate surface area is 139 Å². The van der Waals surface area contributed by atoms with Gasteiger partial charge in [-0.3, -0.25) is 4.79 Å². The molecule has 0 amide bonds. The maximum absolute atomic E-state index is 12.5. The van der Waals surface area contributed by atoms with E-state index in [0.717, 1.165) is 22.0 Å². The molecule has 1 heterocycles. The van der Waals surface area contributed by atoms with E-state index in [1.165, 1.54) is 11.3 Å². The number of fused-ring (bicyclic) bond motifs is 1. The number of halogens is 1. The van der Waals surface area contributed by atoms with Gasteiger partial charge in [-0.25, -0.2) is 0 Å². The van der Waals surface area contributed by atoms with Gasteiger partial charge in [0.2, 0.25) is 0 Å². The quantitative estimate of drug-likeness (QED) is 0.574. The fourth-order valence-corrected chi connectivity index (χ4v) is 3.24. The highest BCUT2D eigenvalue weighted by atomic mass is 127. The Hall–Kier alpha value is -1.36. The number of para-hydroxylation sites is 1. The van der Waals surface area contributed by atoms with Gasteiger partial charge in [-0.1, -0.05) is 30.3 Å². The van der Waals surface area contributed by atoms with Crippen molar-refractivity contribution in [2.45, 2.75) is 25.8 Å². The molecule has 0 aliphatic carbocycles. The second-order valence-corrected chi connectivity index (χ2v) is 6.82. The summed E-state index contributed by atoms with van der Waals surface area (Å²) < 4.78 is 1.15. The van der Waals surface area contributed by atoms with Gasteiger partial charge in [0.05, 0.1) is 6.54 Å². The van der Waals surface area contributed by atoms with Gasteiger partial charge in [0.1, 0.15) is 0 Å². The molecule has 1 aliphatic heterocycles. The van der Waals surface area contributed by atoms with Gasteiger partial charge in [0, 0.05) is 20.9 Å². The number of benzene rings is 2. The Morgan fingerprint density at radius 2 is 1.90 bits per heavy atom. The molecule has 2 aromatic carbocycles. The van der Waals surface area contributed by atoms with Crippen molar-refractivity contribution in [2.75, 3.05) is 11.4 Å². The molecule has 108 valence electrons. The standard InChI is InChI=1S/C18H18INO/c1-13-6-7-14-4-2-3-5-17(14)20(13)12-18(21)15-8-10-16(19)11-9-15/h2-5,8-11,13H,6-7,12H2,1H3. The van der Waals surface area contributed by atoms with Crippen molar-refractivity contribution >= 4 is 34.1 Å². The maximum atomic E-state index is 12.5. The number of carbonyl (C=O) groups excluding carboxylic acids is 1. The van der Waals surface area contributed by atoms with Crippen LogP contribution in [0.1, 0.15) is 29.3 Å². The minimum atomic E-state index is 0.190. The van der Waals surface area contributed by atoms with Crippen molar-refractivity contribution in [2.24, 2.45) is 0 Å². The Kier molecular flexibility index (Phi) is 4.29. The van der Waals surface area contributed by atoms with Crippen LogP contribution in [0.3, 0.4) is 0 Å². The molecule has 0 fully saturated rings. The Morgan fingerprint density at radius 3 is 2.67 bits per heavy atom. The number of aryl methyl sites for hydroxylation is 1. The second kappa shape index (κ2) is 6.18. The number of Topliss-reactive ketones (excluding diaryl/α,β-unsaturated/α-hetero) is 1. The van der Waals surface area contributed by atoms with E-state index in [9.17, 15) is 4.79 Å². The Bertz CT molecular complexity index is 651. The highest BCUT2D eigenvalue weighted by Crippen LogP contribution is 2.30. The third-order valence-corrected chi connectivity index (χ3v) is 4.86. The van der Waals surface area contributed by atoms with Gasteiger partial charge < -0.3 is 4.90 Å². The molecule has 0 bridgehead atoms. The Balaban J connectivity index is 1.84. The van der Waals surface area contributed by atoms with Crippen molar-refractivity contribution in [1.29, 1.82) is 0 Å². The molecule has 3 rings (SSSR count). The van der Waals surface area contributed by atoms with Gasteiger partial charge in [0.15, 0.2) is 5.78 Å². The molecule has 0 radical (unpaired) electrons. The van der Waals surface area contributed by atoms with Crippen LogP contribution >= 0.6 is 22.6 Å². The zero-order valence-electron chi connectivity index (χ0n) is 12.1. The largest absolute Gasteiger partial charge is 0.361 e. The highest BCUT2D eigenvalue weighted by molar-refractivity contribution is 14.1. The topological polar surface area (TPSA) is 20.3 Å². The van der Waals surface area contributed by atoms with E-state index in [1.54, 1.807) is 0 Å². The first-order chi connectivity index (χ1) is 10.1. The van der Waals surface area contributed by atoms with E-state index in [-0.39, 0.29) is 5.78 Å². The summed E-state index contributed by atoms with van der Waals surface area (Å²) in [7, 11) is 0. The first-order valence-corrected chi connectivity index (χ1v) is 8.36. The van der Waals surface area contributed by atoms with E-state index in [0.29, 0.717) is 12.6 Å². The summed E-state index contributed by atoms with van der Waals surface area (Å²) in [4.78, 5) is 14.8. The zero-order chi connectivity index (χ0) is 14.8. The lowest BCUT2D eigenvalue weighted by Crippen LogP contribution is -2.40. The molecule has 1 aliphatic rings. The molecule has 3 heteroatoms. The molecular formula is C18H18INO. The van der Waals surface area contributed by atoms with Crippen LogP contribution in [0.5, 0.6) is 0 Å². The van der Waals surface area contributed by atoms with Crippen molar-refractivity contribution in [1.82, 2.24) is 0 Å². The van der Waals surface area contributed by atoms with Gasteiger partial charge in [-0.15, -0.1) is 0 Å². The average Bonchev–Trinajstić information content (AvgIpc) is 2.51. The summed E-state index contributed by atoms with van der Waals surface area (Å²) in [6, 6.07) is 16.7. The van der Waals surface area contributed by atoms with Gasteiger partial charge in [0.25, 0.3) is 0 Å². The van der Waals surface area contributed by atoms with Crippen molar-refractivity contribution in [3.05, 3.63) is 63.2 Å². The minimum Gasteiger partial charge on any atom is -0.361 e. The van der Waals surface area contributed by atoms with E-state index in [1.807, 2.05) is 24.3 Å². The number of nitrogens with zero attached hydrogens (tertiary/aromatic N) is 1. The predicted molar refractivity (Wildman–Crippen MR) is 95.1 cm³/mol. The second-order valence-electron chi connectivity index (χ2n) is 5.57. The smallest absolute Gasteiger partial charge is 0.182 e. The first-order valence-electron chi connectivity index (χ1n) is 7.28. The van der Waals surface area contributed by atoms with E-state index in [4.69, 9.17) is 0 Å². The number of hydrogen-bond acceptors (Lipinski definition) is 2. The highest BCUT2D eigenvalue weighted by Gasteiger charge is 2.24. The van der Waals surface area contributed by atoms with Crippen LogP contribution in [-0.2, 0) is 6.42 Å². The molecule has 0 aromatic heterocycles. The summed E-state index contributed by atoms with van der Waals surface area (Å²) in [5.74, 6) is 0.190. The summed E-state index contributed by atoms with van der Waals surface area (Å²) >= 11 is 2.26. The van der Waals surface area contributed by atoms with Gasteiger partial charge >= 0.3 is 0 Å². The molecule has 0 N–H and O–H groups in total. The maximum Gasteiger partial charge on any atom is 0.182 e. The summed E-state index contributed by atoms with van der Waals surface area (Å²) in [6.45, 7) is 2.66. The first kappa shape index (κ1) is 14.6. The number of ketones is 1. The molecule has 21 heavy (non-hydrogen) atoms.